The minimum Gasteiger partial charge on any atom is -0.450 e. The molecule has 0 aromatic carbocycles. The summed E-state index contributed by atoms with van der Waals surface area (Å²) < 4.78 is 9.98. The molecule has 0 aromatic heterocycles. The van der Waals surface area contributed by atoms with E-state index in [0.29, 0.717) is 32.8 Å². The number of carbonyl (C=O) groups is 2. The summed E-state index contributed by atoms with van der Waals surface area (Å²) in [5.74, 6) is 0. The van der Waals surface area contributed by atoms with Gasteiger partial charge in [0.2, 0.25) is 0 Å². The fraction of sp³-hybridized carbons (Fsp3) is 0.818. The normalized spacial score (nSPS) is 16.0. The third-order valence-electron chi connectivity index (χ3n) is 2.40. The van der Waals surface area contributed by atoms with Crippen LogP contribution in [-0.2, 0) is 9.47 Å². The van der Waals surface area contributed by atoms with Gasteiger partial charge in [-0.25, -0.2) is 9.59 Å². The number of hydrogen-bond donors (Lipinski definition) is 0. The maximum Gasteiger partial charge on any atom is 0.410 e. The molecule has 0 atom stereocenters. The molecule has 6 heteroatoms. The standard InChI is InChI=1S/C11H20N2O4/c1-4-16-10(14)12-5-7-13(8-6-12)11(15)17-9(2)3/h9H,4-8H2,1-3H3. The molecule has 1 fully saturated rings. The van der Waals surface area contributed by atoms with E-state index in [0.717, 1.165) is 0 Å². The Morgan fingerprint density at radius 1 is 1.06 bits per heavy atom. The molecule has 0 aromatic rings. The van der Waals surface area contributed by atoms with E-state index in [-0.39, 0.29) is 18.3 Å². The van der Waals surface area contributed by atoms with Gasteiger partial charge in [0.25, 0.3) is 0 Å². The average molecular weight is 244 g/mol. The van der Waals surface area contributed by atoms with Gasteiger partial charge in [-0.1, -0.05) is 0 Å². The second-order valence-corrected chi connectivity index (χ2v) is 4.11. The topological polar surface area (TPSA) is 59.1 Å². The SMILES string of the molecule is CCOC(=O)N1CCN(C(=O)OC(C)C)CC1. The third-order valence-corrected chi connectivity index (χ3v) is 2.40. The Bertz CT molecular complexity index is 273. The van der Waals surface area contributed by atoms with E-state index in [9.17, 15) is 9.59 Å². The fourth-order valence-corrected chi connectivity index (χ4v) is 1.56. The molecule has 6 nitrogen and oxygen atoms in total. The molecule has 1 aliphatic heterocycles. The Morgan fingerprint density at radius 2 is 1.53 bits per heavy atom. The Balaban J connectivity index is 2.35. The average Bonchev–Trinajstić information content (AvgIpc) is 2.28. The second kappa shape index (κ2) is 6.32. The zero-order valence-corrected chi connectivity index (χ0v) is 10.6. The van der Waals surface area contributed by atoms with E-state index in [1.54, 1.807) is 16.7 Å². The van der Waals surface area contributed by atoms with E-state index in [1.165, 1.54) is 0 Å². The molecule has 0 N–H and O–H groups in total. The summed E-state index contributed by atoms with van der Waals surface area (Å²) in [4.78, 5) is 26.2. The van der Waals surface area contributed by atoms with Gasteiger partial charge in [-0.2, -0.15) is 0 Å². The van der Waals surface area contributed by atoms with Crippen molar-refractivity contribution in [2.75, 3.05) is 32.8 Å². The maximum absolute atomic E-state index is 11.6. The molecular formula is C11H20N2O4. The van der Waals surface area contributed by atoms with Crippen LogP contribution in [0.25, 0.3) is 0 Å². The number of rotatable bonds is 2. The molecule has 0 unspecified atom stereocenters. The molecule has 0 radical (unpaired) electrons. The highest BCUT2D eigenvalue weighted by Gasteiger charge is 2.25. The van der Waals surface area contributed by atoms with Gasteiger partial charge in [0.15, 0.2) is 0 Å². The predicted octanol–water partition coefficient (Wildman–Crippen LogP) is 1.31. The highest BCUT2D eigenvalue weighted by atomic mass is 16.6. The summed E-state index contributed by atoms with van der Waals surface area (Å²) in [5.41, 5.74) is 0. The molecule has 0 spiro atoms. The summed E-state index contributed by atoms with van der Waals surface area (Å²) in [6.45, 7) is 7.73. The summed E-state index contributed by atoms with van der Waals surface area (Å²) >= 11 is 0. The van der Waals surface area contributed by atoms with Crippen LogP contribution in [0, 0.1) is 0 Å². The van der Waals surface area contributed by atoms with Crippen LogP contribution >= 0.6 is 0 Å². The van der Waals surface area contributed by atoms with Gasteiger partial charge in [-0.15, -0.1) is 0 Å². The van der Waals surface area contributed by atoms with Crippen LogP contribution < -0.4 is 0 Å². The zero-order valence-electron chi connectivity index (χ0n) is 10.6. The molecule has 0 aliphatic carbocycles. The zero-order chi connectivity index (χ0) is 12.8. The van der Waals surface area contributed by atoms with Crippen molar-refractivity contribution < 1.29 is 19.1 Å². The predicted molar refractivity (Wildman–Crippen MR) is 61.8 cm³/mol. The lowest BCUT2D eigenvalue weighted by atomic mass is 10.3. The molecule has 2 amide bonds. The molecule has 1 heterocycles. The van der Waals surface area contributed by atoms with Crippen molar-refractivity contribution in [1.82, 2.24) is 9.80 Å². The Hall–Kier alpha value is -1.46. The highest BCUT2D eigenvalue weighted by molar-refractivity contribution is 5.70. The van der Waals surface area contributed by atoms with E-state index in [4.69, 9.17) is 9.47 Å². The lowest BCUT2D eigenvalue weighted by molar-refractivity contribution is 0.0498. The highest BCUT2D eigenvalue weighted by Crippen LogP contribution is 2.06. The maximum atomic E-state index is 11.6. The van der Waals surface area contributed by atoms with Gasteiger partial charge in [-0.05, 0) is 20.8 Å². The number of carbonyl (C=O) groups excluding carboxylic acids is 2. The molecule has 0 bridgehead atoms. The summed E-state index contributed by atoms with van der Waals surface area (Å²) in [5, 5.41) is 0. The monoisotopic (exact) mass is 244 g/mol. The number of amides is 2. The van der Waals surface area contributed by atoms with Crippen LogP contribution in [0.4, 0.5) is 9.59 Å². The van der Waals surface area contributed by atoms with Gasteiger partial charge in [0.05, 0.1) is 12.7 Å². The van der Waals surface area contributed by atoms with Gasteiger partial charge >= 0.3 is 12.2 Å². The lowest BCUT2D eigenvalue weighted by Gasteiger charge is -2.33. The smallest absolute Gasteiger partial charge is 0.410 e. The number of hydrogen-bond acceptors (Lipinski definition) is 4. The second-order valence-electron chi connectivity index (χ2n) is 4.11. The van der Waals surface area contributed by atoms with Gasteiger partial charge < -0.3 is 19.3 Å². The largest absolute Gasteiger partial charge is 0.450 e. The Labute approximate surface area is 101 Å². The molecule has 98 valence electrons. The van der Waals surface area contributed by atoms with Gasteiger partial charge in [-0.3, -0.25) is 0 Å². The Kier molecular flexibility index (Phi) is 5.06. The van der Waals surface area contributed by atoms with Crippen LogP contribution in [-0.4, -0.2) is 60.9 Å². The molecule has 1 rings (SSSR count). The first kappa shape index (κ1) is 13.6. The van der Waals surface area contributed by atoms with Crippen LogP contribution in [0.15, 0.2) is 0 Å². The minimum atomic E-state index is -0.316. The number of ether oxygens (including phenoxy) is 2. The van der Waals surface area contributed by atoms with E-state index in [1.807, 2.05) is 13.8 Å². The molecular weight excluding hydrogens is 224 g/mol. The first-order valence-electron chi connectivity index (χ1n) is 5.91. The quantitative estimate of drug-likeness (QED) is 0.734. The van der Waals surface area contributed by atoms with E-state index in [2.05, 4.69) is 0 Å². The van der Waals surface area contributed by atoms with Crippen molar-refractivity contribution in [2.24, 2.45) is 0 Å². The van der Waals surface area contributed by atoms with Crippen molar-refractivity contribution >= 4 is 12.2 Å². The van der Waals surface area contributed by atoms with Gasteiger partial charge in [0, 0.05) is 26.2 Å². The van der Waals surface area contributed by atoms with Gasteiger partial charge in [0.1, 0.15) is 0 Å². The number of piperazine rings is 1. The molecule has 0 saturated carbocycles. The summed E-state index contributed by atoms with van der Waals surface area (Å²) in [6, 6.07) is 0. The van der Waals surface area contributed by atoms with Crippen molar-refractivity contribution in [3.05, 3.63) is 0 Å². The first-order valence-corrected chi connectivity index (χ1v) is 5.91. The Morgan fingerprint density at radius 3 is 1.94 bits per heavy atom. The van der Waals surface area contributed by atoms with Crippen LogP contribution in [0.3, 0.4) is 0 Å². The van der Waals surface area contributed by atoms with Crippen molar-refractivity contribution in [2.45, 2.75) is 26.9 Å². The minimum absolute atomic E-state index is 0.120. The summed E-state index contributed by atoms with van der Waals surface area (Å²) in [7, 11) is 0. The number of nitrogens with zero attached hydrogens (tertiary/aromatic N) is 2. The molecule has 1 aliphatic rings. The van der Waals surface area contributed by atoms with Crippen LogP contribution in [0.2, 0.25) is 0 Å². The lowest BCUT2D eigenvalue weighted by Crippen LogP contribution is -2.51. The van der Waals surface area contributed by atoms with Crippen molar-refractivity contribution in [3.63, 3.8) is 0 Å². The summed E-state index contributed by atoms with van der Waals surface area (Å²) in [6.07, 6.45) is -0.751. The molecule has 1 saturated heterocycles. The van der Waals surface area contributed by atoms with Crippen LogP contribution in [0.5, 0.6) is 0 Å². The van der Waals surface area contributed by atoms with Crippen molar-refractivity contribution in [3.8, 4) is 0 Å². The van der Waals surface area contributed by atoms with Crippen LogP contribution in [0.1, 0.15) is 20.8 Å². The first-order chi connectivity index (χ1) is 8.04. The fourth-order valence-electron chi connectivity index (χ4n) is 1.56. The van der Waals surface area contributed by atoms with E-state index < -0.39 is 0 Å². The third kappa shape index (κ3) is 4.13. The molecule has 17 heavy (non-hydrogen) atoms. The van der Waals surface area contributed by atoms with E-state index >= 15 is 0 Å². The van der Waals surface area contributed by atoms with Crippen molar-refractivity contribution in [1.29, 1.82) is 0 Å².